The highest BCUT2D eigenvalue weighted by Gasteiger charge is 1.94. The number of hydrogen-bond donors (Lipinski definition) is 2. The summed E-state index contributed by atoms with van der Waals surface area (Å²) in [5.41, 5.74) is 2.65. The Bertz CT molecular complexity index is 121. The summed E-state index contributed by atoms with van der Waals surface area (Å²) in [6.45, 7) is 5.19. The fraction of sp³-hybridized carbons (Fsp3) is 0.889. The first-order chi connectivity index (χ1) is 5.85. The Morgan fingerprint density at radius 1 is 1.25 bits per heavy atom. The molecule has 0 aliphatic rings. The van der Waals surface area contributed by atoms with Crippen molar-refractivity contribution in [1.29, 1.82) is 0 Å². The second-order valence-corrected chi connectivity index (χ2v) is 2.93. The van der Waals surface area contributed by atoms with Crippen LogP contribution >= 0.6 is 0 Å². The lowest BCUT2D eigenvalue weighted by atomic mass is 10.2. The number of hydrazine groups is 1. The third-order valence-corrected chi connectivity index (χ3v) is 1.71. The number of amidine groups is 1. The van der Waals surface area contributed by atoms with Gasteiger partial charge in [0.25, 0.3) is 0 Å². The minimum absolute atomic E-state index is 0.881. The van der Waals surface area contributed by atoms with Gasteiger partial charge in [0.15, 0.2) is 0 Å². The summed E-state index contributed by atoms with van der Waals surface area (Å²) < 4.78 is 0. The average molecular weight is 171 g/mol. The highest BCUT2D eigenvalue weighted by Crippen LogP contribution is 1.99. The van der Waals surface area contributed by atoms with Crippen molar-refractivity contribution in [3.63, 3.8) is 0 Å². The molecule has 0 heterocycles. The smallest absolute Gasteiger partial charge is 0.110 e. The molecule has 0 unspecified atom stereocenters. The predicted molar refractivity (Wildman–Crippen MR) is 54.1 cm³/mol. The zero-order valence-electron chi connectivity index (χ0n) is 8.27. The monoisotopic (exact) mass is 171 g/mol. The van der Waals surface area contributed by atoms with Gasteiger partial charge in [-0.15, -0.1) is 0 Å². The molecular formula is C9H21N3. The first kappa shape index (κ1) is 11.4. The molecule has 0 aliphatic heterocycles. The number of rotatable bonds is 6. The molecule has 0 fully saturated rings. The van der Waals surface area contributed by atoms with Crippen LogP contribution in [0.1, 0.15) is 46.0 Å². The number of unbranched alkanes of at least 4 members (excludes halogenated alkanes) is 2. The van der Waals surface area contributed by atoms with Crippen molar-refractivity contribution in [2.24, 2.45) is 10.8 Å². The third-order valence-electron chi connectivity index (χ3n) is 1.71. The van der Waals surface area contributed by atoms with E-state index in [1.165, 1.54) is 19.3 Å². The number of nitrogens with two attached hydrogens (primary N) is 1. The summed E-state index contributed by atoms with van der Waals surface area (Å²) in [5, 5.41) is 0. The molecule has 3 heteroatoms. The first-order valence-corrected chi connectivity index (χ1v) is 4.85. The lowest BCUT2D eigenvalue weighted by molar-refractivity contribution is 0.726. The van der Waals surface area contributed by atoms with Crippen LogP contribution in [0.15, 0.2) is 4.99 Å². The molecule has 12 heavy (non-hydrogen) atoms. The van der Waals surface area contributed by atoms with Crippen molar-refractivity contribution in [2.75, 3.05) is 6.54 Å². The Hall–Kier alpha value is -0.570. The van der Waals surface area contributed by atoms with Crippen LogP contribution in [0.4, 0.5) is 0 Å². The van der Waals surface area contributed by atoms with Crippen molar-refractivity contribution in [1.82, 2.24) is 5.43 Å². The lowest BCUT2D eigenvalue weighted by Gasteiger charge is -2.04. The molecule has 0 aliphatic carbocycles. The zero-order chi connectivity index (χ0) is 9.23. The maximum Gasteiger partial charge on any atom is 0.110 e. The molecule has 0 aromatic heterocycles. The van der Waals surface area contributed by atoms with E-state index < -0.39 is 0 Å². The number of aliphatic imine (C=N–C) groups is 1. The summed E-state index contributed by atoms with van der Waals surface area (Å²) in [4.78, 5) is 4.31. The number of nitrogens with one attached hydrogen (secondary N) is 1. The average Bonchev–Trinajstić information content (AvgIpc) is 2.11. The number of nitrogens with zero attached hydrogens (tertiary/aromatic N) is 1. The van der Waals surface area contributed by atoms with E-state index in [2.05, 4.69) is 24.3 Å². The van der Waals surface area contributed by atoms with E-state index in [0.29, 0.717) is 0 Å². The van der Waals surface area contributed by atoms with Gasteiger partial charge in [0, 0.05) is 13.0 Å². The number of hydrogen-bond acceptors (Lipinski definition) is 2. The largest absolute Gasteiger partial charge is 0.312 e. The van der Waals surface area contributed by atoms with Gasteiger partial charge < -0.3 is 5.43 Å². The molecule has 0 saturated carbocycles. The Morgan fingerprint density at radius 3 is 2.50 bits per heavy atom. The van der Waals surface area contributed by atoms with E-state index >= 15 is 0 Å². The van der Waals surface area contributed by atoms with Gasteiger partial charge >= 0.3 is 0 Å². The highest BCUT2D eigenvalue weighted by molar-refractivity contribution is 5.81. The van der Waals surface area contributed by atoms with Crippen LogP contribution in [0.2, 0.25) is 0 Å². The molecule has 72 valence electrons. The van der Waals surface area contributed by atoms with Gasteiger partial charge in [-0.05, 0) is 12.8 Å². The van der Waals surface area contributed by atoms with Crippen molar-refractivity contribution in [3.05, 3.63) is 0 Å². The molecule has 0 spiro atoms. The molecule has 0 radical (unpaired) electrons. The van der Waals surface area contributed by atoms with Crippen LogP contribution in [0.3, 0.4) is 0 Å². The predicted octanol–water partition coefficient (Wildman–Crippen LogP) is 1.84. The van der Waals surface area contributed by atoms with E-state index in [1.807, 2.05) is 0 Å². The molecule has 3 N–H and O–H groups in total. The van der Waals surface area contributed by atoms with Crippen LogP contribution in [0.25, 0.3) is 0 Å². The summed E-state index contributed by atoms with van der Waals surface area (Å²) in [5.74, 6) is 6.26. The SMILES string of the molecule is CCCCCC(=NCCC)NN. The lowest BCUT2D eigenvalue weighted by Crippen LogP contribution is -2.30. The van der Waals surface area contributed by atoms with E-state index in [-0.39, 0.29) is 0 Å². The quantitative estimate of drug-likeness (QED) is 0.211. The van der Waals surface area contributed by atoms with Crippen molar-refractivity contribution in [3.8, 4) is 0 Å². The molecule has 0 aromatic carbocycles. The summed E-state index contributed by atoms with van der Waals surface area (Å²) in [7, 11) is 0. The van der Waals surface area contributed by atoms with Crippen LogP contribution in [-0.2, 0) is 0 Å². The molecule has 0 saturated heterocycles. The van der Waals surface area contributed by atoms with Crippen LogP contribution in [-0.4, -0.2) is 12.4 Å². The minimum atomic E-state index is 0.881. The maximum atomic E-state index is 5.31. The van der Waals surface area contributed by atoms with Crippen molar-refractivity contribution in [2.45, 2.75) is 46.0 Å². The topological polar surface area (TPSA) is 50.4 Å². The second kappa shape index (κ2) is 8.53. The van der Waals surface area contributed by atoms with E-state index in [9.17, 15) is 0 Å². The molecule has 0 rings (SSSR count). The Balaban J connectivity index is 3.52. The summed E-state index contributed by atoms with van der Waals surface area (Å²) >= 11 is 0. The van der Waals surface area contributed by atoms with Gasteiger partial charge in [-0.1, -0.05) is 26.7 Å². The van der Waals surface area contributed by atoms with Crippen molar-refractivity contribution >= 4 is 5.84 Å². The van der Waals surface area contributed by atoms with Gasteiger partial charge in [0.2, 0.25) is 0 Å². The molecule has 0 aromatic rings. The minimum Gasteiger partial charge on any atom is -0.312 e. The fourth-order valence-corrected chi connectivity index (χ4v) is 0.986. The maximum absolute atomic E-state index is 5.31. The van der Waals surface area contributed by atoms with Crippen molar-refractivity contribution < 1.29 is 0 Å². The van der Waals surface area contributed by atoms with Crippen LogP contribution < -0.4 is 11.3 Å². The summed E-state index contributed by atoms with van der Waals surface area (Å²) in [6, 6.07) is 0. The standard InChI is InChI=1S/C9H21N3/c1-3-5-6-7-9(12-10)11-8-4-2/h3-8,10H2,1-2H3,(H,11,12). The van der Waals surface area contributed by atoms with Gasteiger partial charge in [-0.2, -0.15) is 0 Å². The Labute approximate surface area is 75.4 Å². The molecule has 3 nitrogen and oxygen atoms in total. The highest BCUT2D eigenvalue weighted by atomic mass is 15.2. The molecule has 0 bridgehead atoms. The van der Waals surface area contributed by atoms with E-state index in [4.69, 9.17) is 5.84 Å². The van der Waals surface area contributed by atoms with Gasteiger partial charge in [-0.3, -0.25) is 4.99 Å². The van der Waals surface area contributed by atoms with E-state index in [0.717, 1.165) is 25.2 Å². The van der Waals surface area contributed by atoms with E-state index in [1.54, 1.807) is 0 Å². The van der Waals surface area contributed by atoms with Crippen LogP contribution in [0.5, 0.6) is 0 Å². The third kappa shape index (κ3) is 6.16. The zero-order valence-corrected chi connectivity index (χ0v) is 8.27. The molecule has 0 atom stereocenters. The first-order valence-electron chi connectivity index (χ1n) is 4.85. The second-order valence-electron chi connectivity index (χ2n) is 2.93. The van der Waals surface area contributed by atoms with Gasteiger partial charge in [-0.25, -0.2) is 5.84 Å². The van der Waals surface area contributed by atoms with Crippen LogP contribution in [0, 0.1) is 0 Å². The van der Waals surface area contributed by atoms with Gasteiger partial charge in [0.05, 0.1) is 0 Å². The normalized spacial score (nSPS) is 11.8. The van der Waals surface area contributed by atoms with Gasteiger partial charge in [0.1, 0.15) is 5.84 Å². The Morgan fingerprint density at radius 2 is 2.00 bits per heavy atom. The Kier molecular flexibility index (Phi) is 8.12. The fourth-order valence-electron chi connectivity index (χ4n) is 0.986. The summed E-state index contributed by atoms with van der Waals surface area (Å²) in [6.07, 6.45) is 5.75. The molecular weight excluding hydrogens is 150 g/mol. The molecule has 0 amide bonds.